The largest absolute Gasteiger partial charge is 0.420 e. The quantitative estimate of drug-likeness (QED) is 0.380. The number of hydrogen-bond donors (Lipinski definition) is 1. The smallest absolute Gasteiger partial charge is 0.408 e. The van der Waals surface area contributed by atoms with E-state index in [1.165, 1.54) is 4.57 Å². The number of benzene rings is 2. The van der Waals surface area contributed by atoms with Crippen LogP contribution in [0.25, 0.3) is 11.1 Å². The van der Waals surface area contributed by atoms with E-state index in [4.69, 9.17) is 4.42 Å². The molecule has 3 heterocycles. The molecule has 2 aromatic carbocycles. The van der Waals surface area contributed by atoms with Gasteiger partial charge in [-0.25, -0.2) is 31.4 Å². The van der Waals surface area contributed by atoms with Crippen molar-refractivity contribution in [2.24, 2.45) is 0 Å². The second-order valence-electron chi connectivity index (χ2n) is 9.58. The minimum absolute atomic E-state index is 0.0272. The first kappa shape index (κ1) is 25.1. The number of alkyl halides is 2. The summed E-state index contributed by atoms with van der Waals surface area (Å²) in [4.78, 5) is 17.7. The maximum Gasteiger partial charge on any atom is 0.420 e. The fourth-order valence-corrected chi connectivity index (χ4v) is 7.09. The standard InChI is InChI=1S/C24H22F3N5O4S2/c25-18-9-19-20(10-21(18)38(34,35)30-22-28-13-29-37-22)36-23(33)32(19)11-15-3-1-2-14-4-5-16(8-17(14)15)31-7-6-24(26,27)12-31/h1-3,9-10,13,16H,4-8,11-12H2,(H,28,29,30). The van der Waals surface area contributed by atoms with E-state index in [1.54, 1.807) is 0 Å². The van der Waals surface area contributed by atoms with E-state index in [9.17, 15) is 22.0 Å². The predicted octanol–water partition coefficient (Wildman–Crippen LogP) is 3.63. The Morgan fingerprint density at radius 2 is 2.11 bits per heavy atom. The topological polar surface area (TPSA) is 110 Å². The van der Waals surface area contributed by atoms with Crippen LogP contribution in [-0.2, 0) is 29.4 Å². The number of likely N-dealkylation sites (tertiary alicyclic amines) is 1. The molecule has 2 aliphatic rings. The van der Waals surface area contributed by atoms with E-state index in [0.717, 1.165) is 59.5 Å². The van der Waals surface area contributed by atoms with E-state index in [2.05, 4.69) is 14.1 Å². The Hall–Kier alpha value is -3.23. The molecule has 0 amide bonds. The van der Waals surface area contributed by atoms with Crippen molar-refractivity contribution >= 4 is 37.8 Å². The van der Waals surface area contributed by atoms with Crippen LogP contribution in [-0.4, -0.2) is 52.3 Å². The molecule has 0 bridgehead atoms. The monoisotopic (exact) mass is 565 g/mol. The van der Waals surface area contributed by atoms with E-state index in [1.807, 2.05) is 23.1 Å². The van der Waals surface area contributed by atoms with Crippen LogP contribution in [0, 0.1) is 5.82 Å². The number of sulfonamides is 1. The van der Waals surface area contributed by atoms with Gasteiger partial charge in [-0.2, -0.15) is 4.37 Å². The molecule has 1 aliphatic carbocycles. The zero-order valence-electron chi connectivity index (χ0n) is 19.9. The molecule has 1 saturated heterocycles. The molecule has 14 heteroatoms. The van der Waals surface area contributed by atoms with Gasteiger partial charge in [-0.3, -0.25) is 14.2 Å². The van der Waals surface area contributed by atoms with Crippen LogP contribution in [0.2, 0.25) is 0 Å². The van der Waals surface area contributed by atoms with Gasteiger partial charge in [0.15, 0.2) is 5.58 Å². The minimum Gasteiger partial charge on any atom is -0.408 e. The lowest BCUT2D eigenvalue weighted by molar-refractivity contribution is 0.00684. The minimum atomic E-state index is -4.35. The molecule has 0 spiro atoms. The Labute approximate surface area is 219 Å². The number of halogens is 3. The lowest BCUT2D eigenvalue weighted by Gasteiger charge is -2.33. The van der Waals surface area contributed by atoms with Crippen molar-refractivity contribution in [2.45, 2.75) is 49.1 Å². The SMILES string of the molecule is O=c1oc2cc(S(=O)(=O)Nc3ncns3)c(F)cc2n1Cc1cccc2c1CC(N1CCC(F)(F)C1)CC2. The van der Waals surface area contributed by atoms with Gasteiger partial charge in [0, 0.05) is 42.7 Å². The van der Waals surface area contributed by atoms with Crippen molar-refractivity contribution in [2.75, 3.05) is 17.8 Å². The van der Waals surface area contributed by atoms with Gasteiger partial charge >= 0.3 is 5.76 Å². The second-order valence-corrected chi connectivity index (χ2v) is 12.0. The Bertz CT molecular complexity index is 1690. The molecule has 4 aromatic rings. The summed E-state index contributed by atoms with van der Waals surface area (Å²) in [7, 11) is -4.35. The summed E-state index contributed by atoms with van der Waals surface area (Å²) in [6.07, 6.45) is 3.09. The van der Waals surface area contributed by atoms with E-state index in [0.29, 0.717) is 13.0 Å². The van der Waals surface area contributed by atoms with Crippen LogP contribution >= 0.6 is 11.5 Å². The third kappa shape index (κ3) is 4.60. The molecule has 200 valence electrons. The average Bonchev–Trinajstić information content (AvgIpc) is 3.58. The summed E-state index contributed by atoms with van der Waals surface area (Å²) in [6.45, 7) is 0.158. The molecule has 1 unspecified atom stereocenters. The van der Waals surface area contributed by atoms with Crippen molar-refractivity contribution in [3.05, 3.63) is 69.7 Å². The maximum absolute atomic E-state index is 15.1. The molecule has 1 atom stereocenters. The third-order valence-corrected chi connectivity index (χ3v) is 9.26. The number of oxazole rings is 1. The van der Waals surface area contributed by atoms with Crippen molar-refractivity contribution in [1.82, 2.24) is 18.8 Å². The number of nitrogens with zero attached hydrogens (tertiary/aromatic N) is 4. The summed E-state index contributed by atoms with van der Waals surface area (Å²) in [6, 6.07) is 7.62. The first-order valence-corrected chi connectivity index (χ1v) is 14.2. The van der Waals surface area contributed by atoms with Crippen molar-refractivity contribution in [1.29, 1.82) is 0 Å². The van der Waals surface area contributed by atoms with Crippen LogP contribution in [0.5, 0.6) is 0 Å². The molecule has 6 rings (SSSR count). The summed E-state index contributed by atoms with van der Waals surface area (Å²) in [5.41, 5.74) is 2.90. The third-order valence-electron chi connectivity index (χ3n) is 7.20. The number of fused-ring (bicyclic) bond motifs is 2. The first-order valence-electron chi connectivity index (χ1n) is 11.9. The Morgan fingerprint density at radius 3 is 2.84 bits per heavy atom. The summed E-state index contributed by atoms with van der Waals surface area (Å²) < 4.78 is 80.5. The molecule has 0 radical (unpaired) electrons. The fourth-order valence-electron chi connectivity index (χ4n) is 5.36. The maximum atomic E-state index is 15.1. The number of aryl methyl sites for hydroxylation is 1. The van der Waals surface area contributed by atoms with Crippen molar-refractivity contribution in [3.8, 4) is 0 Å². The predicted molar refractivity (Wildman–Crippen MR) is 134 cm³/mol. The van der Waals surface area contributed by atoms with Crippen molar-refractivity contribution in [3.63, 3.8) is 0 Å². The molecule has 0 saturated carbocycles. The normalized spacial score (nSPS) is 19.6. The second kappa shape index (κ2) is 9.20. The molecule has 1 N–H and O–H groups in total. The van der Waals surface area contributed by atoms with E-state index < -0.39 is 32.4 Å². The van der Waals surface area contributed by atoms with Crippen molar-refractivity contribution < 1.29 is 26.0 Å². The van der Waals surface area contributed by atoms with Crippen LogP contribution in [0.4, 0.5) is 18.3 Å². The van der Waals surface area contributed by atoms with Gasteiger partial charge < -0.3 is 4.42 Å². The zero-order valence-corrected chi connectivity index (χ0v) is 21.5. The highest BCUT2D eigenvalue weighted by Gasteiger charge is 2.41. The molecule has 38 heavy (non-hydrogen) atoms. The fraction of sp³-hybridized carbons (Fsp3) is 0.375. The molecular weight excluding hydrogens is 543 g/mol. The Balaban J connectivity index is 1.32. The highest BCUT2D eigenvalue weighted by atomic mass is 32.2. The lowest BCUT2D eigenvalue weighted by Crippen LogP contribution is -2.39. The number of anilines is 1. The van der Waals surface area contributed by atoms with Gasteiger partial charge in [0.1, 0.15) is 17.0 Å². The van der Waals surface area contributed by atoms with Gasteiger partial charge in [0.2, 0.25) is 5.13 Å². The highest BCUT2D eigenvalue weighted by Crippen LogP contribution is 2.34. The number of hydrogen-bond acceptors (Lipinski definition) is 8. The van der Waals surface area contributed by atoms with Crippen LogP contribution in [0.1, 0.15) is 29.5 Å². The number of rotatable bonds is 6. The average molecular weight is 566 g/mol. The summed E-state index contributed by atoms with van der Waals surface area (Å²) >= 11 is 0.789. The number of aromatic nitrogens is 3. The first-order chi connectivity index (χ1) is 18.1. The van der Waals surface area contributed by atoms with Gasteiger partial charge in [-0.05, 0) is 36.0 Å². The molecular formula is C24H22F3N5O4S2. The lowest BCUT2D eigenvalue weighted by atomic mass is 9.84. The number of nitrogens with one attached hydrogen (secondary N) is 1. The molecule has 2 aromatic heterocycles. The van der Waals surface area contributed by atoms with E-state index in [-0.39, 0.29) is 41.8 Å². The van der Waals surface area contributed by atoms with Gasteiger partial charge in [-0.1, -0.05) is 18.2 Å². The zero-order chi connectivity index (χ0) is 26.7. The van der Waals surface area contributed by atoms with Gasteiger partial charge in [0.25, 0.3) is 15.9 Å². The van der Waals surface area contributed by atoms with Gasteiger partial charge in [0.05, 0.1) is 18.6 Å². The highest BCUT2D eigenvalue weighted by molar-refractivity contribution is 7.93. The Morgan fingerprint density at radius 1 is 1.26 bits per heavy atom. The molecule has 1 aliphatic heterocycles. The van der Waals surface area contributed by atoms with E-state index >= 15 is 4.39 Å². The molecule has 9 nitrogen and oxygen atoms in total. The van der Waals surface area contributed by atoms with Crippen LogP contribution in [0.3, 0.4) is 0 Å². The summed E-state index contributed by atoms with van der Waals surface area (Å²) in [5, 5.41) is -0.0340. The van der Waals surface area contributed by atoms with Crippen LogP contribution < -0.4 is 10.5 Å². The molecule has 1 fully saturated rings. The Kier molecular flexibility index (Phi) is 6.07. The van der Waals surface area contributed by atoms with Crippen LogP contribution in [0.15, 0.2) is 50.8 Å². The van der Waals surface area contributed by atoms with Gasteiger partial charge in [-0.15, -0.1) is 0 Å². The summed E-state index contributed by atoms with van der Waals surface area (Å²) in [5.74, 6) is -4.50.